The summed E-state index contributed by atoms with van der Waals surface area (Å²) in [6, 6.07) is 9.86. The number of fused-ring (bicyclic) bond motifs is 2. The summed E-state index contributed by atoms with van der Waals surface area (Å²) in [5.41, 5.74) is 3.15. The number of nitrogens with one attached hydrogen (secondary N) is 1. The summed E-state index contributed by atoms with van der Waals surface area (Å²) in [6.07, 6.45) is 7.33. The normalized spacial score (nSPS) is 29.8. The maximum atomic E-state index is 3.56. The molecule has 1 aromatic rings. The van der Waals surface area contributed by atoms with Gasteiger partial charge in [-0.25, -0.2) is 0 Å². The van der Waals surface area contributed by atoms with Crippen molar-refractivity contribution in [2.75, 3.05) is 7.05 Å². The fourth-order valence-corrected chi connectivity index (χ4v) is 4.60. The van der Waals surface area contributed by atoms with Crippen LogP contribution in [0.25, 0.3) is 0 Å². The lowest BCUT2D eigenvalue weighted by Crippen LogP contribution is -2.23. The molecule has 0 saturated heterocycles. The van der Waals surface area contributed by atoms with Crippen LogP contribution >= 0.6 is 0 Å². The zero-order chi connectivity index (χ0) is 15.0. The third kappa shape index (κ3) is 3.18. The molecule has 0 aliphatic heterocycles. The molecule has 116 valence electrons. The first-order valence-corrected chi connectivity index (χ1v) is 8.75. The molecule has 2 aliphatic carbocycles. The summed E-state index contributed by atoms with van der Waals surface area (Å²) in [5, 5.41) is 3.56. The largest absolute Gasteiger partial charge is 0.313 e. The van der Waals surface area contributed by atoms with Crippen LogP contribution in [0.5, 0.6) is 0 Å². The van der Waals surface area contributed by atoms with Gasteiger partial charge < -0.3 is 5.32 Å². The van der Waals surface area contributed by atoms with Crippen molar-refractivity contribution >= 4 is 0 Å². The van der Waals surface area contributed by atoms with Crippen LogP contribution in [0.15, 0.2) is 24.3 Å². The van der Waals surface area contributed by atoms with Gasteiger partial charge in [0, 0.05) is 6.04 Å². The van der Waals surface area contributed by atoms with E-state index in [1.54, 1.807) is 0 Å². The molecule has 1 aromatic carbocycles. The topological polar surface area (TPSA) is 12.0 Å². The fourth-order valence-electron chi connectivity index (χ4n) is 4.60. The highest BCUT2D eigenvalue weighted by Crippen LogP contribution is 2.50. The van der Waals surface area contributed by atoms with Gasteiger partial charge in [-0.05, 0) is 67.0 Å². The Balaban J connectivity index is 1.68. The quantitative estimate of drug-likeness (QED) is 0.814. The van der Waals surface area contributed by atoms with Crippen molar-refractivity contribution in [2.24, 2.45) is 17.8 Å². The third-order valence-electron chi connectivity index (χ3n) is 5.95. The van der Waals surface area contributed by atoms with Crippen LogP contribution in [-0.2, 0) is 5.41 Å². The smallest absolute Gasteiger partial charge is 0.0320 e. The van der Waals surface area contributed by atoms with Gasteiger partial charge in [0.05, 0.1) is 0 Å². The van der Waals surface area contributed by atoms with E-state index in [1.165, 1.54) is 43.2 Å². The first kappa shape index (κ1) is 15.1. The summed E-state index contributed by atoms with van der Waals surface area (Å²) in [5.74, 6) is 3.05. The van der Waals surface area contributed by atoms with E-state index in [0.717, 1.165) is 17.8 Å². The van der Waals surface area contributed by atoms with Gasteiger partial charge in [0.2, 0.25) is 0 Å². The van der Waals surface area contributed by atoms with Gasteiger partial charge in [0.1, 0.15) is 0 Å². The summed E-state index contributed by atoms with van der Waals surface area (Å²) >= 11 is 0. The maximum absolute atomic E-state index is 3.56. The van der Waals surface area contributed by atoms with Crippen LogP contribution in [0.3, 0.4) is 0 Å². The van der Waals surface area contributed by atoms with Gasteiger partial charge in [-0.2, -0.15) is 0 Å². The van der Waals surface area contributed by atoms with Crippen LogP contribution in [0, 0.1) is 17.8 Å². The van der Waals surface area contributed by atoms with Gasteiger partial charge in [-0.15, -0.1) is 0 Å². The first-order valence-electron chi connectivity index (χ1n) is 8.75. The van der Waals surface area contributed by atoms with Gasteiger partial charge >= 0.3 is 0 Å². The zero-order valence-electron chi connectivity index (χ0n) is 14.2. The molecule has 21 heavy (non-hydrogen) atoms. The van der Waals surface area contributed by atoms with Crippen molar-refractivity contribution < 1.29 is 0 Å². The second kappa shape index (κ2) is 5.76. The average molecular weight is 285 g/mol. The third-order valence-corrected chi connectivity index (χ3v) is 5.95. The predicted molar refractivity (Wildman–Crippen MR) is 90.5 cm³/mol. The van der Waals surface area contributed by atoms with Gasteiger partial charge in [0.25, 0.3) is 0 Å². The molecule has 0 heterocycles. The van der Waals surface area contributed by atoms with Crippen LogP contribution in [0.1, 0.15) is 70.0 Å². The Kier molecular flexibility index (Phi) is 4.14. The molecule has 2 bridgehead atoms. The lowest BCUT2D eigenvalue weighted by Gasteiger charge is -2.27. The minimum Gasteiger partial charge on any atom is -0.313 e. The molecule has 4 atom stereocenters. The minimum absolute atomic E-state index is 0.248. The van der Waals surface area contributed by atoms with Crippen LogP contribution in [0.4, 0.5) is 0 Å². The van der Waals surface area contributed by atoms with E-state index in [4.69, 9.17) is 0 Å². The summed E-state index contributed by atoms with van der Waals surface area (Å²) in [4.78, 5) is 0. The van der Waals surface area contributed by atoms with E-state index in [0.29, 0.717) is 6.04 Å². The lowest BCUT2D eigenvalue weighted by atomic mass is 9.82. The second-order valence-corrected chi connectivity index (χ2v) is 8.38. The average Bonchev–Trinajstić information content (AvgIpc) is 3.06. The van der Waals surface area contributed by atoms with Crippen molar-refractivity contribution in [1.29, 1.82) is 0 Å². The molecule has 4 unspecified atom stereocenters. The lowest BCUT2D eigenvalue weighted by molar-refractivity contribution is 0.284. The molecule has 2 saturated carbocycles. The van der Waals surface area contributed by atoms with E-state index in [-0.39, 0.29) is 5.41 Å². The molecule has 1 heteroatoms. The highest BCUT2D eigenvalue weighted by molar-refractivity contribution is 5.29. The Labute approximate surface area is 130 Å². The molecular weight excluding hydrogens is 254 g/mol. The van der Waals surface area contributed by atoms with Crippen LogP contribution in [0.2, 0.25) is 0 Å². The fraction of sp³-hybridized carbons (Fsp3) is 0.700. The van der Waals surface area contributed by atoms with Gasteiger partial charge in [-0.3, -0.25) is 0 Å². The first-order chi connectivity index (χ1) is 9.97. The number of hydrogen-bond acceptors (Lipinski definition) is 1. The Bertz CT molecular complexity index is 468. The predicted octanol–water partition coefficient (Wildman–Crippen LogP) is 5.07. The Morgan fingerprint density at radius 1 is 1.10 bits per heavy atom. The highest BCUT2D eigenvalue weighted by atomic mass is 14.9. The Morgan fingerprint density at radius 3 is 2.29 bits per heavy atom. The Morgan fingerprint density at radius 2 is 1.81 bits per heavy atom. The number of rotatable bonds is 4. The molecule has 3 rings (SSSR count). The zero-order valence-corrected chi connectivity index (χ0v) is 14.2. The summed E-state index contributed by atoms with van der Waals surface area (Å²) < 4.78 is 0. The van der Waals surface area contributed by atoms with Crippen molar-refractivity contribution in [1.82, 2.24) is 5.32 Å². The van der Waals surface area contributed by atoms with Crippen molar-refractivity contribution in [3.63, 3.8) is 0 Å². The number of hydrogen-bond donors (Lipinski definition) is 1. The van der Waals surface area contributed by atoms with E-state index in [1.807, 2.05) is 0 Å². The van der Waals surface area contributed by atoms with Gasteiger partial charge in [-0.1, -0.05) is 51.5 Å². The molecule has 1 nitrogen and oxygen atoms in total. The minimum atomic E-state index is 0.248. The van der Waals surface area contributed by atoms with E-state index >= 15 is 0 Å². The highest BCUT2D eigenvalue weighted by Gasteiger charge is 2.40. The van der Waals surface area contributed by atoms with Gasteiger partial charge in [0.15, 0.2) is 0 Å². The number of benzene rings is 1. The van der Waals surface area contributed by atoms with Crippen molar-refractivity contribution in [3.05, 3.63) is 35.4 Å². The molecule has 0 spiro atoms. The molecule has 0 radical (unpaired) electrons. The molecule has 2 aliphatic rings. The van der Waals surface area contributed by atoms with E-state index in [2.05, 4.69) is 57.4 Å². The molecule has 0 aromatic heterocycles. The monoisotopic (exact) mass is 285 g/mol. The molecule has 0 amide bonds. The molecule has 2 fully saturated rings. The SMILES string of the molecule is CNC(CC1CC2CCC1C2)c1ccc(C(C)(C)C)cc1. The summed E-state index contributed by atoms with van der Waals surface area (Å²) in [6.45, 7) is 6.85. The van der Waals surface area contributed by atoms with E-state index in [9.17, 15) is 0 Å². The molecule has 1 N–H and O–H groups in total. The van der Waals surface area contributed by atoms with Crippen LogP contribution in [-0.4, -0.2) is 7.05 Å². The van der Waals surface area contributed by atoms with E-state index < -0.39 is 0 Å². The standard InChI is InChI=1S/C20H31N/c1-20(2,3)18-9-7-15(8-10-18)19(21-4)13-17-12-14-5-6-16(17)11-14/h7-10,14,16-17,19,21H,5-6,11-13H2,1-4H3. The van der Waals surface area contributed by atoms with Crippen molar-refractivity contribution in [3.8, 4) is 0 Å². The molecular formula is C20H31N. The van der Waals surface area contributed by atoms with Crippen molar-refractivity contribution in [2.45, 2.75) is 64.3 Å². The second-order valence-electron chi connectivity index (χ2n) is 8.38. The summed E-state index contributed by atoms with van der Waals surface area (Å²) in [7, 11) is 2.12. The van der Waals surface area contributed by atoms with Crippen LogP contribution < -0.4 is 5.32 Å². The maximum Gasteiger partial charge on any atom is 0.0320 e. The Hall–Kier alpha value is -0.820.